The molecule has 0 aliphatic rings. The molecule has 0 saturated carbocycles. The number of nitrogens with zero attached hydrogens (tertiary/aromatic N) is 2. The number of benzene rings is 1. The molecule has 0 atom stereocenters. The van der Waals surface area contributed by atoms with Crippen LogP contribution in [0.3, 0.4) is 0 Å². The Bertz CT molecular complexity index is 505. The van der Waals surface area contributed by atoms with Crippen LogP contribution < -0.4 is 5.32 Å². The molecule has 0 saturated heterocycles. The molecular weight excluding hydrogens is 278 g/mol. The Morgan fingerprint density at radius 2 is 2.18 bits per heavy atom. The van der Waals surface area contributed by atoms with E-state index in [4.69, 9.17) is 0 Å². The van der Waals surface area contributed by atoms with Crippen molar-refractivity contribution in [3.63, 3.8) is 0 Å². The highest BCUT2D eigenvalue weighted by atomic mass is 79.9. The second kappa shape index (κ2) is 5.36. The number of hydrogen-bond donors (Lipinski definition) is 1. The van der Waals surface area contributed by atoms with Crippen LogP contribution in [-0.4, -0.2) is 16.3 Å². The standard InChI is InChI=1S/C13H16BrN3/c1-10-3-4-11(9-13(10)14)15-7-5-12-6-8-16-17(12)2/h3-4,6,8-9,15H,5,7H2,1-2H3. The molecule has 1 N–H and O–H groups in total. The van der Waals surface area contributed by atoms with Crippen molar-refractivity contribution < 1.29 is 0 Å². The van der Waals surface area contributed by atoms with Gasteiger partial charge < -0.3 is 5.32 Å². The molecule has 0 fully saturated rings. The van der Waals surface area contributed by atoms with E-state index >= 15 is 0 Å². The van der Waals surface area contributed by atoms with Gasteiger partial charge in [-0.05, 0) is 30.7 Å². The van der Waals surface area contributed by atoms with Crippen molar-refractivity contribution in [1.82, 2.24) is 9.78 Å². The first-order valence-corrected chi connectivity index (χ1v) is 6.43. The van der Waals surface area contributed by atoms with E-state index in [1.165, 1.54) is 11.3 Å². The number of anilines is 1. The number of halogens is 1. The van der Waals surface area contributed by atoms with Crippen LogP contribution >= 0.6 is 15.9 Å². The Morgan fingerprint density at radius 1 is 1.35 bits per heavy atom. The second-order valence-electron chi connectivity index (χ2n) is 4.09. The Labute approximate surface area is 110 Å². The Morgan fingerprint density at radius 3 is 2.82 bits per heavy atom. The quantitative estimate of drug-likeness (QED) is 0.939. The summed E-state index contributed by atoms with van der Waals surface area (Å²) in [5, 5.41) is 7.56. The van der Waals surface area contributed by atoms with E-state index < -0.39 is 0 Å². The summed E-state index contributed by atoms with van der Waals surface area (Å²) in [7, 11) is 1.97. The number of hydrogen-bond acceptors (Lipinski definition) is 2. The van der Waals surface area contributed by atoms with Gasteiger partial charge in [0.15, 0.2) is 0 Å². The molecule has 3 nitrogen and oxygen atoms in total. The second-order valence-corrected chi connectivity index (χ2v) is 4.94. The van der Waals surface area contributed by atoms with Gasteiger partial charge in [-0.15, -0.1) is 0 Å². The maximum absolute atomic E-state index is 4.15. The van der Waals surface area contributed by atoms with Crippen molar-refractivity contribution in [1.29, 1.82) is 0 Å². The lowest BCUT2D eigenvalue weighted by atomic mass is 10.2. The number of rotatable bonds is 4. The first-order valence-electron chi connectivity index (χ1n) is 5.64. The summed E-state index contributed by atoms with van der Waals surface area (Å²) >= 11 is 3.53. The molecule has 0 aliphatic heterocycles. The van der Waals surface area contributed by atoms with Gasteiger partial charge in [0.05, 0.1) is 0 Å². The third-order valence-corrected chi connectivity index (χ3v) is 3.66. The first-order chi connectivity index (χ1) is 8.16. The molecule has 2 rings (SSSR count). The fourth-order valence-electron chi connectivity index (χ4n) is 1.68. The molecule has 1 aromatic heterocycles. The molecule has 0 spiro atoms. The molecule has 17 heavy (non-hydrogen) atoms. The minimum absolute atomic E-state index is 0.912. The van der Waals surface area contributed by atoms with E-state index in [0.29, 0.717) is 0 Å². The van der Waals surface area contributed by atoms with E-state index in [2.05, 4.69) is 51.5 Å². The fraction of sp³-hybridized carbons (Fsp3) is 0.308. The van der Waals surface area contributed by atoms with Crippen LogP contribution in [0, 0.1) is 6.92 Å². The highest BCUT2D eigenvalue weighted by Crippen LogP contribution is 2.20. The number of aromatic nitrogens is 2. The SMILES string of the molecule is Cc1ccc(NCCc2ccnn2C)cc1Br. The molecule has 2 aromatic rings. The highest BCUT2D eigenvalue weighted by Gasteiger charge is 1.99. The van der Waals surface area contributed by atoms with Crippen molar-refractivity contribution in [3.05, 3.63) is 46.2 Å². The zero-order valence-corrected chi connectivity index (χ0v) is 11.7. The smallest absolute Gasteiger partial charge is 0.0492 e. The van der Waals surface area contributed by atoms with Crippen LogP contribution in [0.5, 0.6) is 0 Å². The van der Waals surface area contributed by atoms with Gasteiger partial charge in [-0.25, -0.2) is 0 Å². The van der Waals surface area contributed by atoms with Crippen LogP contribution in [0.1, 0.15) is 11.3 Å². The first kappa shape index (κ1) is 12.2. The van der Waals surface area contributed by atoms with Gasteiger partial charge in [0.25, 0.3) is 0 Å². The zero-order valence-electron chi connectivity index (χ0n) is 10.1. The number of aryl methyl sites for hydroxylation is 2. The van der Waals surface area contributed by atoms with Crippen molar-refractivity contribution in [3.8, 4) is 0 Å². The summed E-state index contributed by atoms with van der Waals surface area (Å²) in [6.45, 7) is 3.00. The van der Waals surface area contributed by atoms with Crippen LogP contribution in [0.4, 0.5) is 5.69 Å². The van der Waals surface area contributed by atoms with Crippen LogP contribution in [0.2, 0.25) is 0 Å². The summed E-state index contributed by atoms with van der Waals surface area (Å²) in [6, 6.07) is 8.37. The third kappa shape index (κ3) is 3.09. The van der Waals surface area contributed by atoms with Gasteiger partial charge in [-0.2, -0.15) is 5.10 Å². The molecule has 90 valence electrons. The topological polar surface area (TPSA) is 29.9 Å². The van der Waals surface area contributed by atoms with E-state index in [9.17, 15) is 0 Å². The molecular formula is C13H16BrN3. The lowest BCUT2D eigenvalue weighted by Gasteiger charge is -2.08. The lowest BCUT2D eigenvalue weighted by Crippen LogP contribution is -2.08. The van der Waals surface area contributed by atoms with Crippen molar-refractivity contribution in [2.24, 2.45) is 7.05 Å². The molecule has 1 heterocycles. The van der Waals surface area contributed by atoms with Crippen LogP contribution in [0.15, 0.2) is 34.9 Å². The van der Waals surface area contributed by atoms with Crippen LogP contribution in [-0.2, 0) is 13.5 Å². The average molecular weight is 294 g/mol. The van der Waals surface area contributed by atoms with E-state index in [1.807, 2.05) is 24.0 Å². The maximum atomic E-state index is 4.15. The minimum Gasteiger partial charge on any atom is -0.385 e. The largest absolute Gasteiger partial charge is 0.385 e. The predicted octanol–water partition coefficient (Wildman–Crippen LogP) is 3.15. The zero-order chi connectivity index (χ0) is 12.3. The molecule has 0 aliphatic carbocycles. The Kier molecular flexibility index (Phi) is 3.84. The van der Waals surface area contributed by atoms with Gasteiger partial charge in [0.2, 0.25) is 0 Å². The van der Waals surface area contributed by atoms with Crippen molar-refractivity contribution in [2.75, 3.05) is 11.9 Å². The summed E-state index contributed by atoms with van der Waals surface area (Å²) in [4.78, 5) is 0. The summed E-state index contributed by atoms with van der Waals surface area (Å²) < 4.78 is 3.05. The minimum atomic E-state index is 0.912. The molecule has 0 amide bonds. The van der Waals surface area contributed by atoms with Crippen molar-refractivity contribution in [2.45, 2.75) is 13.3 Å². The maximum Gasteiger partial charge on any atom is 0.0492 e. The monoisotopic (exact) mass is 293 g/mol. The van der Waals surface area contributed by atoms with E-state index in [0.717, 1.165) is 23.1 Å². The van der Waals surface area contributed by atoms with E-state index in [1.54, 1.807) is 0 Å². The van der Waals surface area contributed by atoms with Gasteiger partial charge in [0.1, 0.15) is 0 Å². The normalized spacial score (nSPS) is 10.5. The van der Waals surface area contributed by atoms with Gasteiger partial charge in [-0.3, -0.25) is 4.68 Å². The molecule has 0 radical (unpaired) electrons. The summed E-state index contributed by atoms with van der Waals surface area (Å²) in [5.41, 5.74) is 3.63. The van der Waals surface area contributed by atoms with E-state index in [-0.39, 0.29) is 0 Å². The Balaban J connectivity index is 1.90. The fourth-order valence-corrected chi connectivity index (χ4v) is 2.06. The van der Waals surface area contributed by atoms with Gasteiger partial charge >= 0.3 is 0 Å². The molecule has 4 heteroatoms. The molecule has 1 aromatic carbocycles. The summed E-state index contributed by atoms with van der Waals surface area (Å²) in [5.74, 6) is 0. The Hall–Kier alpha value is -1.29. The van der Waals surface area contributed by atoms with Crippen LogP contribution in [0.25, 0.3) is 0 Å². The predicted molar refractivity (Wildman–Crippen MR) is 74.3 cm³/mol. The third-order valence-electron chi connectivity index (χ3n) is 2.80. The number of nitrogens with one attached hydrogen (secondary N) is 1. The average Bonchev–Trinajstić information content (AvgIpc) is 2.70. The van der Waals surface area contributed by atoms with Crippen molar-refractivity contribution >= 4 is 21.6 Å². The molecule has 0 unspecified atom stereocenters. The van der Waals surface area contributed by atoms with Gasteiger partial charge in [0, 0.05) is 42.1 Å². The van der Waals surface area contributed by atoms with Gasteiger partial charge in [-0.1, -0.05) is 22.0 Å². The highest BCUT2D eigenvalue weighted by molar-refractivity contribution is 9.10. The molecule has 0 bridgehead atoms. The summed E-state index contributed by atoms with van der Waals surface area (Å²) in [6.07, 6.45) is 2.81. The lowest BCUT2D eigenvalue weighted by molar-refractivity contribution is 0.711.